The summed E-state index contributed by atoms with van der Waals surface area (Å²) in [6.45, 7) is 2.27. The average Bonchev–Trinajstić information content (AvgIpc) is 3.17. The van der Waals surface area contributed by atoms with E-state index in [0.29, 0.717) is 6.04 Å². The minimum absolute atomic E-state index is 0.173. The summed E-state index contributed by atoms with van der Waals surface area (Å²) >= 11 is 0. The van der Waals surface area contributed by atoms with Gasteiger partial charge in [0.05, 0.1) is 11.7 Å². The molecule has 2 aromatic rings. The molecular formula is C20H26N4O2. The maximum Gasteiger partial charge on any atom is 0.251 e. The highest BCUT2D eigenvalue weighted by Crippen LogP contribution is 2.24. The van der Waals surface area contributed by atoms with Gasteiger partial charge in [0.15, 0.2) is 0 Å². The number of benzene rings is 1. The fourth-order valence-electron chi connectivity index (χ4n) is 3.87. The van der Waals surface area contributed by atoms with E-state index in [2.05, 4.69) is 28.6 Å². The lowest BCUT2D eigenvalue weighted by molar-refractivity contribution is -0.147. The summed E-state index contributed by atoms with van der Waals surface area (Å²) in [7, 11) is 0. The number of likely N-dealkylation sites (tertiary alicyclic amines) is 1. The third-order valence-electron chi connectivity index (χ3n) is 5.39. The van der Waals surface area contributed by atoms with E-state index in [1.807, 2.05) is 27.8 Å². The molecule has 6 heteroatoms. The van der Waals surface area contributed by atoms with Gasteiger partial charge in [0, 0.05) is 32.3 Å². The maximum absolute atomic E-state index is 12.6. The Morgan fingerprint density at radius 3 is 2.65 bits per heavy atom. The second-order valence-electron chi connectivity index (χ2n) is 7.26. The van der Waals surface area contributed by atoms with Crippen LogP contribution in [0.15, 0.2) is 36.5 Å². The van der Waals surface area contributed by atoms with Crippen LogP contribution in [0.1, 0.15) is 49.4 Å². The molecule has 26 heavy (non-hydrogen) atoms. The first-order valence-corrected chi connectivity index (χ1v) is 9.64. The highest BCUT2D eigenvalue weighted by atomic mass is 16.5. The summed E-state index contributed by atoms with van der Waals surface area (Å²) in [5, 5.41) is 8.66. The van der Waals surface area contributed by atoms with Gasteiger partial charge in [-0.3, -0.25) is 4.79 Å². The monoisotopic (exact) mass is 354 g/mol. The minimum atomic E-state index is -0.218. The van der Waals surface area contributed by atoms with Crippen molar-refractivity contribution >= 4 is 5.91 Å². The van der Waals surface area contributed by atoms with E-state index in [4.69, 9.17) is 4.74 Å². The average molecular weight is 354 g/mol. The number of carbonyl (C=O) groups excluding carboxylic acids is 1. The number of piperidine rings is 1. The molecule has 1 aromatic heterocycles. The van der Waals surface area contributed by atoms with Gasteiger partial charge >= 0.3 is 0 Å². The van der Waals surface area contributed by atoms with Crippen LogP contribution in [-0.2, 0) is 16.0 Å². The molecule has 6 nitrogen and oxygen atoms in total. The van der Waals surface area contributed by atoms with Gasteiger partial charge in [-0.1, -0.05) is 35.5 Å². The summed E-state index contributed by atoms with van der Waals surface area (Å²) in [6, 6.07) is 10.6. The molecule has 1 atom stereocenters. The fourth-order valence-corrected chi connectivity index (χ4v) is 3.87. The van der Waals surface area contributed by atoms with Crippen LogP contribution in [-0.4, -0.2) is 51.6 Å². The number of carbonyl (C=O) groups is 1. The van der Waals surface area contributed by atoms with Crippen LogP contribution in [0.25, 0.3) is 0 Å². The van der Waals surface area contributed by atoms with E-state index in [-0.39, 0.29) is 12.0 Å². The summed E-state index contributed by atoms with van der Waals surface area (Å²) in [5.41, 5.74) is 2.23. The van der Waals surface area contributed by atoms with E-state index in [1.165, 1.54) is 5.56 Å². The van der Waals surface area contributed by atoms with Crippen LogP contribution >= 0.6 is 0 Å². The smallest absolute Gasteiger partial charge is 0.251 e. The third-order valence-corrected chi connectivity index (χ3v) is 5.39. The Bertz CT molecular complexity index is 716. The second kappa shape index (κ2) is 7.99. The lowest BCUT2D eigenvalue weighted by Crippen LogP contribution is -2.46. The van der Waals surface area contributed by atoms with Gasteiger partial charge in [0.1, 0.15) is 6.10 Å². The molecular weight excluding hydrogens is 328 g/mol. The topological polar surface area (TPSA) is 60.2 Å². The van der Waals surface area contributed by atoms with Gasteiger partial charge < -0.3 is 9.64 Å². The zero-order valence-corrected chi connectivity index (χ0v) is 15.1. The highest BCUT2D eigenvalue weighted by Gasteiger charge is 2.30. The Kier molecular flexibility index (Phi) is 5.29. The summed E-state index contributed by atoms with van der Waals surface area (Å²) in [5.74, 6) is 0.173. The number of amides is 1. The van der Waals surface area contributed by atoms with Gasteiger partial charge in [0.2, 0.25) is 0 Å². The lowest BCUT2D eigenvalue weighted by atomic mass is 10.0. The summed E-state index contributed by atoms with van der Waals surface area (Å²) in [4.78, 5) is 14.5. The van der Waals surface area contributed by atoms with Gasteiger partial charge in [0.25, 0.3) is 5.91 Å². The number of hydrogen-bond acceptors (Lipinski definition) is 4. The quantitative estimate of drug-likeness (QED) is 0.847. The maximum atomic E-state index is 12.6. The van der Waals surface area contributed by atoms with Crippen LogP contribution in [0.4, 0.5) is 0 Å². The van der Waals surface area contributed by atoms with E-state index in [9.17, 15) is 4.79 Å². The third kappa shape index (κ3) is 3.96. The van der Waals surface area contributed by atoms with E-state index in [1.54, 1.807) is 0 Å². The zero-order valence-electron chi connectivity index (χ0n) is 15.1. The number of rotatable bonds is 4. The predicted molar refractivity (Wildman–Crippen MR) is 97.7 cm³/mol. The van der Waals surface area contributed by atoms with Crippen LogP contribution in [0.2, 0.25) is 0 Å². The molecule has 2 aliphatic heterocycles. The summed E-state index contributed by atoms with van der Waals surface area (Å²) < 4.78 is 7.63. The number of aromatic nitrogens is 3. The highest BCUT2D eigenvalue weighted by molar-refractivity contribution is 5.81. The molecule has 0 saturated carbocycles. The van der Waals surface area contributed by atoms with E-state index in [0.717, 1.165) is 63.9 Å². The molecule has 2 aliphatic rings. The Hall–Kier alpha value is -2.21. The van der Waals surface area contributed by atoms with Crippen LogP contribution in [0, 0.1) is 0 Å². The first kappa shape index (κ1) is 17.2. The van der Waals surface area contributed by atoms with Crippen molar-refractivity contribution in [2.45, 2.75) is 50.7 Å². The van der Waals surface area contributed by atoms with Crippen molar-refractivity contribution in [3.63, 3.8) is 0 Å². The number of hydrogen-bond donors (Lipinski definition) is 0. The molecule has 0 N–H and O–H groups in total. The van der Waals surface area contributed by atoms with Gasteiger partial charge in [-0.15, -0.1) is 5.10 Å². The molecule has 0 aliphatic carbocycles. The van der Waals surface area contributed by atoms with Crippen molar-refractivity contribution in [1.29, 1.82) is 0 Å². The van der Waals surface area contributed by atoms with Crippen LogP contribution in [0.3, 0.4) is 0 Å². The molecule has 1 amide bonds. The van der Waals surface area contributed by atoms with Crippen molar-refractivity contribution in [3.8, 4) is 0 Å². The molecule has 0 bridgehead atoms. The van der Waals surface area contributed by atoms with Crippen molar-refractivity contribution in [2.75, 3.05) is 19.7 Å². The minimum Gasteiger partial charge on any atom is -0.368 e. The molecule has 0 spiro atoms. The van der Waals surface area contributed by atoms with Gasteiger partial charge in [-0.2, -0.15) is 0 Å². The second-order valence-corrected chi connectivity index (χ2v) is 7.26. The normalized spacial score (nSPS) is 21.7. The number of nitrogens with zero attached hydrogens (tertiary/aromatic N) is 4. The first-order chi connectivity index (χ1) is 12.8. The van der Waals surface area contributed by atoms with Crippen molar-refractivity contribution < 1.29 is 9.53 Å². The molecule has 2 saturated heterocycles. The summed E-state index contributed by atoms with van der Waals surface area (Å²) in [6.07, 6.45) is 7.52. The molecule has 2 fully saturated rings. The molecule has 0 radical (unpaired) electrons. The van der Waals surface area contributed by atoms with Crippen LogP contribution in [0.5, 0.6) is 0 Å². The molecule has 138 valence electrons. The van der Waals surface area contributed by atoms with Crippen molar-refractivity contribution in [3.05, 3.63) is 47.8 Å². The van der Waals surface area contributed by atoms with E-state index >= 15 is 0 Å². The van der Waals surface area contributed by atoms with Crippen LogP contribution < -0.4 is 0 Å². The Labute approximate surface area is 154 Å². The number of ether oxygens (including phenoxy) is 1. The Morgan fingerprint density at radius 2 is 1.92 bits per heavy atom. The first-order valence-electron chi connectivity index (χ1n) is 9.64. The van der Waals surface area contributed by atoms with Gasteiger partial charge in [-0.05, 0) is 37.7 Å². The predicted octanol–water partition coefficient (Wildman–Crippen LogP) is 2.60. The fraction of sp³-hybridized carbons (Fsp3) is 0.550. The van der Waals surface area contributed by atoms with Crippen molar-refractivity contribution in [2.24, 2.45) is 0 Å². The standard InChI is InChI=1S/C20H26N4O2/c25-20(19-8-4-5-13-26-19)23-11-9-18(10-12-23)24-15-17(21-22-24)14-16-6-2-1-3-7-16/h1-3,6-7,15,18-19H,4-5,8-14H2/t19-/m0/s1. The molecule has 1 aromatic carbocycles. The molecule has 4 rings (SSSR count). The zero-order chi connectivity index (χ0) is 17.8. The molecule has 0 unspecified atom stereocenters. The SMILES string of the molecule is O=C([C@@H]1CCCCO1)N1CCC(n2cc(Cc3ccccc3)nn2)CC1. The Balaban J connectivity index is 1.31. The largest absolute Gasteiger partial charge is 0.368 e. The molecule has 3 heterocycles. The van der Waals surface area contributed by atoms with Crippen molar-refractivity contribution in [1.82, 2.24) is 19.9 Å². The lowest BCUT2D eigenvalue weighted by Gasteiger charge is -2.34. The van der Waals surface area contributed by atoms with E-state index < -0.39 is 0 Å². The van der Waals surface area contributed by atoms with Gasteiger partial charge in [-0.25, -0.2) is 4.68 Å². The Morgan fingerprint density at radius 1 is 1.12 bits per heavy atom.